The molecule has 23 heavy (non-hydrogen) atoms. The van der Waals surface area contributed by atoms with E-state index in [0.717, 1.165) is 34.3 Å². The van der Waals surface area contributed by atoms with E-state index < -0.39 is 0 Å². The molecule has 0 unspecified atom stereocenters. The molecule has 0 spiro atoms. The summed E-state index contributed by atoms with van der Waals surface area (Å²) < 4.78 is 0.859. The van der Waals surface area contributed by atoms with E-state index in [1.54, 1.807) is 24.5 Å². The Morgan fingerprint density at radius 3 is 2.74 bits per heavy atom. The fourth-order valence-electron chi connectivity index (χ4n) is 2.78. The molecule has 5 nitrogen and oxygen atoms in total. The smallest absolute Gasteiger partial charge is 0.238 e. The Kier molecular flexibility index (Phi) is 4.43. The first-order chi connectivity index (χ1) is 11.1. The largest absolute Gasteiger partial charge is 0.383 e. The highest BCUT2D eigenvalue weighted by atomic mass is 79.9. The van der Waals surface area contributed by atoms with Gasteiger partial charge < -0.3 is 5.32 Å². The highest BCUT2D eigenvalue weighted by molar-refractivity contribution is 9.10. The van der Waals surface area contributed by atoms with E-state index in [1.807, 2.05) is 12.1 Å². The second-order valence-corrected chi connectivity index (χ2v) is 6.33. The number of nitrogens with zero attached hydrogens (tertiary/aromatic N) is 2. The number of pyridine rings is 1. The zero-order valence-corrected chi connectivity index (χ0v) is 14.3. The van der Waals surface area contributed by atoms with Crippen LogP contribution in [0.1, 0.15) is 18.1 Å². The third-order valence-electron chi connectivity index (χ3n) is 3.77. The molecule has 2 amide bonds. The lowest BCUT2D eigenvalue weighted by molar-refractivity contribution is -0.125. The number of anilines is 2. The van der Waals surface area contributed by atoms with Crippen LogP contribution >= 0.6 is 15.9 Å². The molecule has 2 heterocycles. The lowest BCUT2D eigenvalue weighted by Gasteiger charge is -2.22. The molecule has 1 aliphatic heterocycles. The molecule has 2 aromatic rings. The molecule has 1 aromatic heterocycles. The summed E-state index contributed by atoms with van der Waals surface area (Å²) >= 11 is 3.46. The number of fused-ring (bicyclic) bond motifs is 1. The number of benzene rings is 1. The zero-order valence-electron chi connectivity index (χ0n) is 12.7. The van der Waals surface area contributed by atoms with Crippen LogP contribution < -0.4 is 10.2 Å². The van der Waals surface area contributed by atoms with Gasteiger partial charge in [-0.1, -0.05) is 15.9 Å². The van der Waals surface area contributed by atoms with Gasteiger partial charge in [-0.25, -0.2) is 4.90 Å². The highest BCUT2D eigenvalue weighted by Crippen LogP contribution is 2.37. The molecule has 3 rings (SSSR count). The average Bonchev–Trinajstić information content (AvgIpc) is 2.96. The Hall–Kier alpha value is -2.21. The summed E-state index contributed by atoms with van der Waals surface area (Å²) in [6.45, 7) is 2.22. The highest BCUT2D eigenvalue weighted by Gasteiger charge is 2.26. The van der Waals surface area contributed by atoms with Gasteiger partial charge in [0.2, 0.25) is 11.8 Å². The van der Waals surface area contributed by atoms with Crippen LogP contribution in [-0.2, 0) is 22.4 Å². The first-order valence-electron chi connectivity index (χ1n) is 7.35. The second-order valence-electron chi connectivity index (χ2n) is 5.42. The minimum absolute atomic E-state index is 0.156. The molecule has 0 fully saturated rings. The van der Waals surface area contributed by atoms with Crippen LogP contribution in [0.15, 0.2) is 41.1 Å². The van der Waals surface area contributed by atoms with Crippen molar-refractivity contribution in [3.05, 3.63) is 52.3 Å². The Labute approximate surface area is 142 Å². The number of carbonyl (C=O) groups is 2. The van der Waals surface area contributed by atoms with E-state index in [0.29, 0.717) is 5.69 Å². The van der Waals surface area contributed by atoms with Crippen molar-refractivity contribution >= 4 is 39.1 Å². The molecule has 1 aromatic carbocycles. The summed E-state index contributed by atoms with van der Waals surface area (Å²) in [6, 6.07) is 7.38. The number of hydrogen-bond acceptors (Lipinski definition) is 4. The van der Waals surface area contributed by atoms with E-state index in [1.165, 1.54) is 11.8 Å². The van der Waals surface area contributed by atoms with Crippen LogP contribution in [-0.4, -0.2) is 23.3 Å². The summed E-state index contributed by atoms with van der Waals surface area (Å²) in [7, 11) is 0. The van der Waals surface area contributed by atoms with Gasteiger partial charge in [0.25, 0.3) is 0 Å². The summed E-state index contributed by atoms with van der Waals surface area (Å²) in [5.74, 6) is -0.546. The number of amides is 2. The normalized spacial score (nSPS) is 12.4. The van der Waals surface area contributed by atoms with Crippen LogP contribution in [0.3, 0.4) is 0 Å². The molecular formula is C17H16BrN3O2. The Morgan fingerprint density at radius 2 is 2.04 bits per heavy atom. The lowest BCUT2D eigenvalue weighted by Crippen LogP contribution is -2.36. The van der Waals surface area contributed by atoms with Crippen LogP contribution in [0.25, 0.3) is 0 Å². The molecule has 118 valence electrons. The molecule has 0 atom stereocenters. The first kappa shape index (κ1) is 15.7. The number of aromatic nitrogens is 1. The molecule has 0 aliphatic carbocycles. The summed E-state index contributed by atoms with van der Waals surface area (Å²) in [5.41, 5.74) is 3.41. The molecular weight excluding hydrogens is 358 g/mol. The number of halogens is 1. The van der Waals surface area contributed by atoms with E-state index in [-0.39, 0.29) is 18.2 Å². The zero-order chi connectivity index (χ0) is 16.4. The standard InChI is InChI=1S/C17H16BrN3O2/c1-11(22)21(16(23)8-12-2-5-19-6-3-12)15-10-14(18)9-13-4-7-20-17(13)15/h2-3,5-6,9-10,20H,4,7-8H2,1H3. The van der Waals surface area contributed by atoms with Crippen molar-refractivity contribution < 1.29 is 9.59 Å². The van der Waals surface area contributed by atoms with Crippen molar-refractivity contribution in [3.8, 4) is 0 Å². The monoisotopic (exact) mass is 373 g/mol. The lowest BCUT2D eigenvalue weighted by atomic mass is 10.1. The number of imide groups is 1. The van der Waals surface area contributed by atoms with Crippen LogP contribution in [0.2, 0.25) is 0 Å². The van der Waals surface area contributed by atoms with Crippen molar-refractivity contribution in [2.45, 2.75) is 19.8 Å². The molecule has 6 heteroatoms. The molecule has 1 aliphatic rings. The van der Waals surface area contributed by atoms with Crippen molar-refractivity contribution in [3.63, 3.8) is 0 Å². The van der Waals surface area contributed by atoms with Gasteiger partial charge in [-0.05, 0) is 41.8 Å². The summed E-state index contributed by atoms with van der Waals surface area (Å²) in [4.78, 5) is 30.0. The van der Waals surface area contributed by atoms with Crippen molar-refractivity contribution in [2.24, 2.45) is 0 Å². The van der Waals surface area contributed by atoms with E-state index >= 15 is 0 Å². The third kappa shape index (κ3) is 3.27. The number of hydrogen-bond donors (Lipinski definition) is 1. The molecule has 0 saturated carbocycles. The quantitative estimate of drug-likeness (QED) is 0.898. The van der Waals surface area contributed by atoms with Crippen molar-refractivity contribution in [2.75, 3.05) is 16.8 Å². The number of nitrogens with one attached hydrogen (secondary N) is 1. The van der Waals surface area contributed by atoms with Gasteiger partial charge in [0, 0.05) is 30.3 Å². The topological polar surface area (TPSA) is 62.3 Å². The van der Waals surface area contributed by atoms with Gasteiger partial charge >= 0.3 is 0 Å². The van der Waals surface area contributed by atoms with E-state index in [9.17, 15) is 9.59 Å². The molecule has 0 saturated heterocycles. The van der Waals surface area contributed by atoms with E-state index in [2.05, 4.69) is 26.2 Å². The molecule has 0 bridgehead atoms. The average molecular weight is 374 g/mol. The van der Waals surface area contributed by atoms with Crippen LogP contribution in [0.4, 0.5) is 11.4 Å². The van der Waals surface area contributed by atoms with Gasteiger partial charge in [-0.2, -0.15) is 0 Å². The molecule has 1 N–H and O–H groups in total. The van der Waals surface area contributed by atoms with Crippen molar-refractivity contribution in [1.82, 2.24) is 4.98 Å². The van der Waals surface area contributed by atoms with Crippen LogP contribution in [0.5, 0.6) is 0 Å². The van der Waals surface area contributed by atoms with E-state index in [4.69, 9.17) is 0 Å². The second kappa shape index (κ2) is 6.50. The number of carbonyl (C=O) groups excluding carboxylic acids is 2. The maximum absolute atomic E-state index is 12.7. The van der Waals surface area contributed by atoms with Gasteiger partial charge in [-0.15, -0.1) is 0 Å². The van der Waals surface area contributed by atoms with Gasteiger partial charge in [0.05, 0.1) is 17.8 Å². The Morgan fingerprint density at radius 1 is 1.30 bits per heavy atom. The Balaban J connectivity index is 1.97. The fraction of sp³-hybridized carbons (Fsp3) is 0.235. The predicted octanol–water partition coefficient (Wildman–Crippen LogP) is 2.93. The Bertz CT molecular complexity index is 762. The van der Waals surface area contributed by atoms with Crippen molar-refractivity contribution in [1.29, 1.82) is 0 Å². The maximum atomic E-state index is 12.7. The summed E-state index contributed by atoms with van der Waals surface area (Å²) in [5, 5.41) is 3.27. The first-order valence-corrected chi connectivity index (χ1v) is 8.14. The van der Waals surface area contributed by atoms with Gasteiger partial charge in [-0.3, -0.25) is 14.6 Å². The summed E-state index contributed by atoms with van der Waals surface area (Å²) in [6.07, 6.45) is 4.31. The van der Waals surface area contributed by atoms with Crippen LogP contribution in [0, 0.1) is 0 Å². The maximum Gasteiger partial charge on any atom is 0.238 e. The SMILES string of the molecule is CC(=O)N(C(=O)Cc1ccncc1)c1cc(Br)cc2c1NCC2. The minimum Gasteiger partial charge on any atom is -0.383 e. The molecule has 0 radical (unpaired) electrons. The van der Waals surface area contributed by atoms with Gasteiger partial charge in [0.15, 0.2) is 0 Å². The minimum atomic E-state index is -0.293. The van der Waals surface area contributed by atoms with Gasteiger partial charge in [0.1, 0.15) is 0 Å². The number of rotatable bonds is 3. The third-order valence-corrected chi connectivity index (χ3v) is 4.23. The fourth-order valence-corrected chi connectivity index (χ4v) is 3.27. The predicted molar refractivity (Wildman–Crippen MR) is 92.4 cm³/mol.